The van der Waals surface area contributed by atoms with E-state index in [1.165, 1.54) is 6.20 Å². The fourth-order valence-corrected chi connectivity index (χ4v) is 4.60. The van der Waals surface area contributed by atoms with Crippen molar-refractivity contribution in [3.63, 3.8) is 0 Å². The molecule has 1 saturated carbocycles. The summed E-state index contributed by atoms with van der Waals surface area (Å²) in [4.78, 5) is 33.0. The molecular formula is C24H32N8O3. The van der Waals surface area contributed by atoms with Crippen molar-refractivity contribution in [1.82, 2.24) is 29.4 Å². The van der Waals surface area contributed by atoms with Gasteiger partial charge >= 0.3 is 0 Å². The van der Waals surface area contributed by atoms with Gasteiger partial charge in [0.15, 0.2) is 5.65 Å². The summed E-state index contributed by atoms with van der Waals surface area (Å²) in [5.41, 5.74) is 0.831. The number of nitrogens with one attached hydrogen (secondary N) is 3. The number of carbonyl (C=O) groups excluding carboxylic acids is 1. The molecule has 0 bridgehead atoms. The van der Waals surface area contributed by atoms with Gasteiger partial charge in [0.05, 0.1) is 12.8 Å². The molecule has 186 valence electrons. The van der Waals surface area contributed by atoms with Crippen molar-refractivity contribution < 1.29 is 9.90 Å². The first-order valence-electron chi connectivity index (χ1n) is 12.1. The summed E-state index contributed by atoms with van der Waals surface area (Å²) in [6.07, 6.45) is 7.00. The lowest BCUT2D eigenvalue weighted by molar-refractivity contribution is 0.0936. The average molecular weight is 481 g/mol. The molecule has 3 aromatic heterocycles. The minimum Gasteiger partial charge on any atom is -0.396 e. The van der Waals surface area contributed by atoms with Gasteiger partial charge in [0, 0.05) is 37.3 Å². The highest BCUT2D eigenvalue weighted by atomic mass is 16.3. The summed E-state index contributed by atoms with van der Waals surface area (Å²) >= 11 is 0. The first-order valence-corrected chi connectivity index (χ1v) is 12.1. The van der Waals surface area contributed by atoms with Crippen LogP contribution in [0.3, 0.4) is 0 Å². The first-order chi connectivity index (χ1) is 16.9. The van der Waals surface area contributed by atoms with Crippen LogP contribution < -0.4 is 21.5 Å². The van der Waals surface area contributed by atoms with Gasteiger partial charge in [-0.05, 0) is 58.0 Å². The Hall–Kier alpha value is -3.44. The summed E-state index contributed by atoms with van der Waals surface area (Å²) in [5.74, 6) is 0.761. The van der Waals surface area contributed by atoms with E-state index in [1.807, 2.05) is 12.3 Å². The van der Waals surface area contributed by atoms with Crippen LogP contribution in [0, 0.1) is 5.41 Å². The van der Waals surface area contributed by atoms with Gasteiger partial charge in [-0.2, -0.15) is 9.61 Å². The Bertz CT molecular complexity index is 1290. The third-order valence-corrected chi connectivity index (χ3v) is 7.21. The molecule has 2 fully saturated rings. The van der Waals surface area contributed by atoms with E-state index >= 15 is 0 Å². The van der Waals surface area contributed by atoms with Crippen molar-refractivity contribution in [3.8, 4) is 0 Å². The smallest absolute Gasteiger partial charge is 0.274 e. The maximum absolute atomic E-state index is 13.3. The fourth-order valence-electron chi connectivity index (χ4n) is 4.60. The minimum absolute atomic E-state index is 0.0599. The van der Waals surface area contributed by atoms with Crippen LogP contribution in [0.15, 0.2) is 35.4 Å². The molecule has 0 atom stereocenters. The monoisotopic (exact) mass is 480 g/mol. The highest BCUT2D eigenvalue weighted by molar-refractivity contribution is 6.00. The topological polar surface area (TPSA) is 129 Å². The molecule has 0 radical (unpaired) electrons. The molecule has 4 heterocycles. The number of hydrogen-bond acceptors (Lipinski definition) is 8. The van der Waals surface area contributed by atoms with E-state index in [1.54, 1.807) is 28.3 Å². The van der Waals surface area contributed by atoms with Crippen molar-refractivity contribution in [2.24, 2.45) is 5.41 Å². The van der Waals surface area contributed by atoms with Crippen LogP contribution in [0.1, 0.15) is 42.1 Å². The number of anilines is 3. The van der Waals surface area contributed by atoms with Crippen molar-refractivity contribution >= 4 is 28.9 Å². The molecule has 0 unspecified atom stereocenters. The number of rotatable bonds is 8. The Kier molecular flexibility index (Phi) is 6.20. The summed E-state index contributed by atoms with van der Waals surface area (Å²) < 4.78 is 3.36. The molecule has 4 N–H and O–H groups in total. The van der Waals surface area contributed by atoms with Crippen LogP contribution in [0.4, 0.5) is 17.3 Å². The zero-order chi connectivity index (χ0) is 24.6. The summed E-state index contributed by atoms with van der Waals surface area (Å²) in [7, 11) is 3.85. The van der Waals surface area contributed by atoms with Gasteiger partial charge in [-0.3, -0.25) is 9.59 Å². The predicted octanol–water partition coefficient (Wildman–Crippen LogP) is 1.45. The van der Waals surface area contributed by atoms with E-state index in [2.05, 4.69) is 38.0 Å². The Morgan fingerprint density at radius 1 is 1.29 bits per heavy atom. The van der Waals surface area contributed by atoms with Gasteiger partial charge in [-0.25, -0.2) is 4.98 Å². The second-order valence-corrected chi connectivity index (χ2v) is 9.70. The van der Waals surface area contributed by atoms with Gasteiger partial charge in [0.1, 0.15) is 22.9 Å². The van der Waals surface area contributed by atoms with Gasteiger partial charge in [-0.15, -0.1) is 0 Å². The Labute approximate surface area is 203 Å². The Balaban J connectivity index is 1.42. The van der Waals surface area contributed by atoms with Gasteiger partial charge in [0.25, 0.3) is 11.5 Å². The highest BCUT2D eigenvalue weighted by Gasteiger charge is 2.42. The summed E-state index contributed by atoms with van der Waals surface area (Å²) in [5, 5.41) is 23.0. The van der Waals surface area contributed by atoms with Gasteiger partial charge in [0.2, 0.25) is 0 Å². The van der Waals surface area contributed by atoms with Crippen LogP contribution in [-0.2, 0) is 0 Å². The molecule has 1 amide bonds. The van der Waals surface area contributed by atoms with Crippen LogP contribution in [0.5, 0.6) is 0 Å². The number of nitrogens with zero attached hydrogens (tertiary/aromatic N) is 5. The molecule has 1 saturated heterocycles. The number of pyridine rings is 1. The molecule has 3 aromatic rings. The maximum atomic E-state index is 13.3. The SMILES string of the molecule is CNc1cc(Nc2cccn(C3CCN(C)CC3)c2=O)nc2c(C(=O)NCC3(CO)CC3)cnn12. The number of piperidine rings is 1. The number of aliphatic hydroxyl groups excluding tert-OH is 1. The van der Waals surface area contributed by atoms with Crippen LogP contribution in [-0.4, -0.2) is 75.4 Å². The molecule has 1 aliphatic heterocycles. The number of carbonyl (C=O) groups is 1. The van der Waals surface area contributed by atoms with Crippen molar-refractivity contribution in [3.05, 3.63) is 46.5 Å². The minimum atomic E-state index is -0.296. The Morgan fingerprint density at radius 2 is 2.06 bits per heavy atom. The second kappa shape index (κ2) is 9.31. The van der Waals surface area contributed by atoms with Crippen molar-refractivity contribution in [2.75, 3.05) is 51.0 Å². The number of aliphatic hydroxyl groups is 1. The van der Waals surface area contributed by atoms with Gasteiger partial charge < -0.3 is 30.5 Å². The third kappa shape index (κ3) is 4.61. The standard InChI is InChI=1S/C24H32N8O3/c1-25-20-12-19(28-18-4-3-9-31(23(18)35)16-5-10-30(2)11-6-16)29-21-17(13-27-32(20)21)22(34)26-14-24(15-33)7-8-24/h3-4,9,12-13,16,25,33H,5-8,10-11,14-15H2,1-2H3,(H,26,34)(H,28,29). The van der Waals surface area contributed by atoms with Crippen LogP contribution in [0.25, 0.3) is 5.65 Å². The molecule has 2 aliphatic rings. The quantitative estimate of drug-likeness (QED) is 0.381. The van der Waals surface area contributed by atoms with E-state index in [0.717, 1.165) is 38.8 Å². The molecule has 1 aliphatic carbocycles. The Morgan fingerprint density at radius 3 is 2.74 bits per heavy atom. The molecule has 35 heavy (non-hydrogen) atoms. The number of likely N-dealkylation sites (tertiary alicyclic amines) is 1. The highest BCUT2D eigenvalue weighted by Crippen LogP contribution is 2.44. The molecule has 0 spiro atoms. The number of hydrogen-bond donors (Lipinski definition) is 4. The summed E-state index contributed by atoms with van der Waals surface area (Å²) in [6, 6.07) is 5.53. The second-order valence-electron chi connectivity index (χ2n) is 9.70. The zero-order valence-electron chi connectivity index (χ0n) is 20.1. The third-order valence-electron chi connectivity index (χ3n) is 7.21. The number of aromatic nitrogens is 4. The van der Waals surface area contributed by atoms with E-state index in [-0.39, 0.29) is 29.5 Å². The first kappa shape index (κ1) is 23.3. The van der Waals surface area contributed by atoms with Gasteiger partial charge in [-0.1, -0.05) is 0 Å². The predicted molar refractivity (Wildman–Crippen MR) is 133 cm³/mol. The summed E-state index contributed by atoms with van der Waals surface area (Å²) in [6.45, 7) is 2.40. The van der Waals surface area contributed by atoms with Crippen LogP contribution in [0.2, 0.25) is 0 Å². The van der Waals surface area contributed by atoms with E-state index in [9.17, 15) is 14.7 Å². The largest absolute Gasteiger partial charge is 0.396 e. The van der Waals surface area contributed by atoms with E-state index in [4.69, 9.17) is 0 Å². The van der Waals surface area contributed by atoms with Crippen molar-refractivity contribution in [2.45, 2.75) is 31.7 Å². The molecule has 11 nitrogen and oxygen atoms in total. The molecule has 11 heteroatoms. The maximum Gasteiger partial charge on any atom is 0.274 e. The van der Waals surface area contributed by atoms with E-state index < -0.39 is 0 Å². The number of amides is 1. The molecule has 5 rings (SSSR count). The number of fused-ring (bicyclic) bond motifs is 1. The zero-order valence-corrected chi connectivity index (χ0v) is 20.1. The van der Waals surface area contributed by atoms with E-state index in [0.29, 0.717) is 35.1 Å². The lowest BCUT2D eigenvalue weighted by Gasteiger charge is -2.30. The average Bonchev–Trinajstić information content (AvgIpc) is 3.54. The normalized spacial score (nSPS) is 17.9. The van der Waals surface area contributed by atoms with Crippen LogP contribution >= 0.6 is 0 Å². The fraction of sp³-hybridized carbons (Fsp3) is 0.500. The molecular weight excluding hydrogens is 448 g/mol. The van der Waals surface area contributed by atoms with Crippen molar-refractivity contribution in [1.29, 1.82) is 0 Å². The lowest BCUT2D eigenvalue weighted by Crippen LogP contribution is -2.35. The lowest BCUT2D eigenvalue weighted by atomic mass is 10.1. The molecule has 0 aromatic carbocycles.